The highest BCUT2D eigenvalue weighted by molar-refractivity contribution is 7.89. The second-order valence-corrected chi connectivity index (χ2v) is 9.62. The molecule has 27 heavy (non-hydrogen) atoms. The average Bonchev–Trinajstić information content (AvgIpc) is 2.59. The summed E-state index contributed by atoms with van der Waals surface area (Å²) in [6.07, 6.45) is 0.290. The average molecular weight is 390 g/mol. The van der Waals surface area contributed by atoms with E-state index in [-0.39, 0.29) is 17.3 Å². The van der Waals surface area contributed by atoms with Crippen molar-refractivity contribution in [2.75, 3.05) is 0 Å². The van der Waals surface area contributed by atoms with Crippen molar-refractivity contribution in [3.8, 4) is 0 Å². The third-order valence-electron chi connectivity index (χ3n) is 4.43. The van der Waals surface area contributed by atoms with Gasteiger partial charge in [-0.2, -0.15) is 4.31 Å². The normalized spacial score (nSPS) is 18.0. The van der Waals surface area contributed by atoms with Crippen molar-refractivity contribution in [2.24, 2.45) is 0 Å². The fourth-order valence-electron chi connectivity index (χ4n) is 3.17. The van der Waals surface area contributed by atoms with Crippen LogP contribution in [0.5, 0.6) is 0 Å². The summed E-state index contributed by atoms with van der Waals surface area (Å²) >= 11 is 0. The quantitative estimate of drug-likeness (QED) is 0.876. The Kier molecular flexibility index (Phi) is 5.10. The maximum atomic E-state index is 13.2. The van der Waals surface area contributed by atoms with Crippen LogP contribution in [-0.2, 0) is 27.8 Å². The number of amides is 1. The van der Waals surface area contributed by atoms with Gasteiger partial charge in [0, 0.05) is 12.1 Å². The summed E-state index contributed by atoms with van der Waals surface area (Å²) in [5, 5.41) is 2.88. The molecule has 0 radical (unpaired) electrons. The third-order valence-corrected chi connectivity index (χ3v) is 6.30. The van der Waals surface area contributed by atoms with Crippen molar-refractivity contribution in [3.63, 3.8) is 0 Å². The van der Waals surface area contributed by atoms with Gasteiger partial charge in [0.15, 0.2) is 0 Å². The lowest BCUT2D eigenvalue weighted by atomic mass is 9.95. The first kappa shape index (κ1) is 19.5. The van der Waals surface area contributed by atoms with Crippen LogP contribution in [0.25, 0.3) is 0 Å². The van der Waals surface area contributed by atoms with E-state index in [0.29, 0.717) is 6.42 Å². The van der Waals surface area contributed by atoms with Crippen molar-refractivity contribution >= 4 is 15.9 Å². The minimum atomic E-state index is -3.97. The lowest BCUT2D eigenvalue weighted by molar-refractivity contribution is -0.126. The molecule has 0 saturated carbocycles. The number of hydrogen-bond donors (Lipinski definition) is 1. The second-order valence-electron chi connectivity index (χ2n) is 7.73. The number of carbonyl (C=O) groups excluding carboxylic acids is 1. The van der Waals surface area contributed by atoms with E-state index in [1.54, 1.807) is 0 Å². The summed E-state index contributed by atoms with van der Waals surface area (Å²) in [5.41, 5.74) is 1.33. The molecule has 1 aliphatic rings. The number of fused-ring (bicyclic) bond motifs is 1. The fourth-order valence-corrected chi connectivity index (χ4v) is 4.74. The summed E-state index contributed by atoms with van der Waals surface area (Å²) < 4.78 is 40.9. The smallest absolute Gasteiger partial charge is 0.244 e. The molecule has 1 atom stereocenters. The number of rotatable bonds is 3. The van der Waals surface area contributed by atoms with Gasteiger partial charge in [0.1, 0.15) is 11.9 Å². The van der Waals surface area contributed by atoms with E-state index in [1.165, 1.54) is 16.4 Å². The Morgan fingerprint density at radius 2 is 1.67 bits per heavy atom. The Morgan fingerprint density at radius 1 is 1.07 bits per heavy atom. The van der Waals surface area contributed by atoms with E-state index in [4.69, 9.17) is 0 Å². The number of carbonyl (C=O) groups is 1. The van der Waals surface area contributed by atoms with Crippen molar-refractivity contribution in [1.82, 2.24) is 9.62 Å². The van der Waals surface area contributed by atoms with Crippen molar-refractivity contribution in [1.29, 1.82) is 0 Å². The maximum absolute atomic E-state index is 13.2. The number of halogens is 1. The van der Waals surface area contributed by atoms with E-state index in [2.05, 4.69) is 5.32 Å². The molecule has 7 heteroatoms. The molecular weight excluding hydrogens is 367 g/mol. The zero-order valence-electron chi connectivity index (χ0n) is 15.6. The lowest BCUT2D eigenvalue weighted by Crippen LogP contribution is -2.55. The van der Waals surface area contributed by atoms with Crippen molar-refractivity contribution < 1.29 is 17.6 Å². The van der Waals surface area contributed by atoms with E-state index in [9.17, 15) is 17.6 Å². The topological polar surface area (TPSA) is 66.5 Å². The minimum absolute atomic E-state index is 0.0307. The molecule has 0 fully saturated rings. The number of nitrogens with zero attached hydrogens (tertiary/aromatic N) is 1. The third kappa shape index (κ3) is 4.20. The summed E-state index contributed by atoms with van der Waals surface area (Å²) in [6.45, 7) is 5.64. The molecular formula is C20H23FN2O3S. The van der Waals surface area contributed by atoms with Gasteiger partial charge in [-0.05, 0) is 62.6 Å². The first-order valence-electron chi connectivity index (χ1n) is 8.74. The van der Waals surface area contributed by atoms with Gasteiger partial charge in [0.05, 0.1) is 4.90 Å². The first-order valence-corrected chi connectivity index (χ1v) is 10.2. The van der Waals surface area contributed by atoms with Gasteiger partial charge in [-0.3, -0.25) is 4.79 Å². The molecule has 144 valence electrons. The minimum Gasteiger partial charge on any atom is -0.350 e. The largest absolute Gasteiger partial charge is 0.350 e. The van der Waals surface area contributed by atoms with Crippen LogP contribution in [0.15, 0.2) is 53.4 Å². The van der Waals surface area contributed by atoms with Crippen LogP contribution in [0.4, 0.5) is 4.39 Å². The van der Waals surface area contributed by atoms with Gasteiger partial charge in [-0.15, -0.1) is 0 Å². The molecule has 0 spiro atoms. The van der Waals surface area contributed by atoms with Crippen LogP contribution in [0.3, 0.4) is 0 Å². The molecule has 1 amide bonds. The van der Waals surface area contributed by atoms with Gasteiger partial charge in [-0.25, -0.2) is 12.8 Å². The molecule has 2 aromatic rings. The predicted molar refractivity (Wildman–Crippen MR) is 101 cm³/mol. The van der Waals surface area contributed by atoms with Gasteiger partial charge in [0.25, 0.3) is 0 Å². The van der Waals surface area contributed by atoms with E-state index < -0.39 is 27.4 Å². The Hall–Kier alpha value is -2.25. The standard InChI is InChI=1S/C20H23FN2O3S/c1-20(2,3)22-19(24)18-12-14-6-4-5-7-15(14)13-23(18)27(25,26)17-10-8-16(21)9-11-17/h4-11,18H,12-13H2,1-3H3,(H,22,24)/t18-/m0/s1. The predicted octanol–water partition coefficient (Wildman–Crippen LogP) is 2.86. The Morgan fingerprint density at radius 3 is 2.26 bits per heavy atom. The van der Waals surface area contributed by atoms with Gasteiger partial charge >= 0.3 is 0 Å². The zero-order chi connectivity index (χ0) is 19.8. The summed E-state index contributed by atoms with van der Waals surface area (Å²) in [5.74, 6) is -0.859. The molecule has 2 aromatic carbocycles. The first-order chi connectivity index (χ1) is 12.6. The Labute approximate surface area is 159 Å². The summed E-state index contributed by atoms with van der Waals surface area (Å²) in [6, 6.07) is 11.3. The number of sulfonamides is 1. The molecule has 0 aliphatic carbocycles. The maximum Gasteiger partial charge on any atom is 0.244 e. The van der Waals surface area contributed by atoms with Crippen LogP contribution in [0, 0.1) is 5.82 Å². The molecule has 3 rings (SSSR count). The van der Waals surface area contributed by atoms with Crippen molar-refractivity contribution in [2.45, 2.75) is 50.2 Å². The molecule has 1 heterocycles. The fraction of sp³-hybridized carbons (Fsp3) is 0.350. The highest BCUT2D eigenvalue weighted by Crippen LogP contribution is 2.29. The number of benzene rings is 2. The van der Waals surface area contributed by atoms with Crippen LogP contribution >= 0.6 is 0 Å². The monoisotopic (exact) mass is 390 g/mol. The van der Waals surface area contributed by atoms with Gasteiger partial charge in [-0.1, -0.05) is 24.3 Å². The molecule has 0 unspecified atom stereocenters. The van der Waals surface area contributed by atoms with E-state index in [1.807, 2.05) is 45.0 Å². The van der Waals surface area contributed by atoms with Crippen LogP contribution < -0.4 is 5.32 Å². The van der Waals surface area contributed by atoms with E-state index in [0.717, 1.165) is 23.3 Å². The van der Waals surface area contributed by atoms with Crippen molar-refractivity contribution in [3.05, 3.63) is 65.5 Å². The van der Waals surface area contributed by atoms with Gasteiger partial charge in [0.2, 0.25) is 15.9 Å². The molecule has 1 aliphatic heterocycles. The Balaban J connectivity index is 2.03. The lowest BCUT2D eigenvalue weighted by Gasteiger charge is -2.36. The van der Waals surface area contributed by atoms with Crippen LogP contribution in [0.2, 0.25) is 0 Å². The SMILES string of the molecule is CC(C)(C)NC(=O)[C@@H]1Cc2ccccc2CN1S(=O)(=O)c1ccc(F)cc1. The van der Waals surface area contributed by atoms with E-state index >= 15 is 0 Å². The number of nitrogens with one attached hydrogen (secondary N) is 1. The number of hydrogen-bond acceptors (Lipinski definition) is 3. The Bertz CT molecular complexity index is 950. The summed E-state index contributed by atoms with van der Waals surface area (Å²) in [4.78, 5) is 12.9. The highest BCUT2D eigenvalue weighted by atomic mass is 32.2. The molecule has 0 saturated heterocycles. The summed E-state index contributed by atoms with van der Waals surface area (Å²) in [7, 11) is -3.97. The second kappa shape index (κ2) is 7.05. The van der Waals surface area contributed by atoms with Crippen LogP contribution in [0.1, 0.15) is 31.9 Å². The van der Waals surface area contributed by atoms with Gasteiger partial charge < -0.3 is 5.32 Å². The highest BCUT2D eigenvalue weighted by Gasteiger charge is 2.40. The molecule has 5 nitrogen and oxygen atoms in total. The molecule has 1 N–H and O–H groups in total. The van der Waals surface area contributed by atoms with Crippen LogP contribution in [-0.4, -0.2) is 30.2 Å². The molecule has 0 bridgehead atoms. The zero-order valence-corrected chi connectivity index (χ0v) is 16.4. The molecule has 0 aromatic heterocycles.